The van der Waals surface area contributed by atoms with Gasteiger partial charge in [0.25, 0.3) is 5.91 Å². The van der Waals surface area contributed by atoms with Crippen LogP contribution < -0.4 is 5.43 Å². The van der Waals surface area contributed by atoms with Gasteiger partial charge in [-0.25, -0.2) is 10.4 Å². The molecule has 1 amide bonds. The van der Waals surface area contributed by atoms with Crippen LogP contribution in [-0.2, 0) is 17.8 Å². The number of carbonyl (C=O) groups is 1. The number of carbonyl (C=O) groups excluding carboxylic acids is 1. The molecule has 148 valence electrons. The molecule has 0 aliphatic rings. The lowest BCUT2D eigenvalue weighted by molar-refractivity contribution is 0.0955. The van der Waals surface area contributed by atoms with Crippen LogP contribution in [0.15, 0.2) is 29.4 Å². The largest absolute Gasteiger partial charge is 0.383 e. The van der Waals surface area contributed by atoms with Crippen molar-refractivity contribution in [3.8, 4) is 0 Å². The monoisotopic (exact) mass is 381 g/mol. The smallest absolute Gasteiger partial charge is 0.271 e. The van der Waals surface area contributed by atoms with E-state index in [2.05, 4.69) is 31.6 Å². The van der Waals surface area contributed by atoms with Crippen LogP contribution in [0.3, 0.4) is 0 Å². The molecule has 0 unspecified atom stereocenters. The Hall–Kier alpha value is -2.93. The fourth-order valence-electron chi connectivity index (χ4n) is 3.50. The molecule has 1 N–H and O–H groups in total. The molecule has 7 heteroatoms. The Morgan fingerprint density at radius 3 is 2.75 bits per heavy atom. The minimum absolute atomic E-state index is 0.255. The zero-order chi connectivity index (χ0) is 20.3. The predicted molar refractivity (Wildman–Crippen MR) is 111 cm³/mol. The molecule has 0 fully saturated rings. The maximum absolute atomic E-state index is 12.5. The summed E-state index contributed by atoms with van der Waals surface area (Å²) in [7, 11) is 1.69. The standard InChI is InChI=1S/C21H27N5O2/c1-6-25-16(4)23-19-12-17(7-8-20(19)25)21(27)24-22-13-18-11-14(2)26(15(18)3)9-10-28-5/h7-8,11-13H,6,9-10H2,1-5H3,(H,24,27). The van der Waals surface area contributed by atoms with Gasteiger partial charge in [0.1, 0.15) is 5.82 Å². The van der Waals surface area contributed by atoms with Crippen molar-refractivity contribution in [2.45, 2.75) is 40.8 Å². The van der Waals surface area contributed by atoms with E-state index < -0.39 is 0 Å². The van der Waals surface area contributed by atoms with Crippen LogP contribution in [0.1, 0.15) is 40.1 Å². The highest BCUT2D eigenvalue weighted by Crippen LogP contribution is 2.18. The molecule has 0 atom stereocenters. The summed E-state index contributed by atoms with van der Waals surface area (Å²) in [4.78, 5) is 17.0. The number of imidazole rings is 1. The predicted octanol–water partition coefficient (Wildman–Crippen LogP) is 3.19. The Morgan fingerprint density at radius 2 is 2.04 bits per heavy atom. The van der Waals surface area contributed by atoms with Crippen molar-refractivity contribution in [1.82, 2.24) is 19.5 Å². The third-order valence-electron chi connectivity index (χ3n) is 5.02. The van der Waals surface area contributed by atoms with E-state index >= 15 is 0 Å². The third kappa shape index (κ3) is 3.84. The number of methoxy groups -OCH3 is 1. The van der Waals surface area contributed by atoms with Gasteiger partial charge in [0.15, 0.2) is 0 Å². The number of fused-ring (bicyclic) bond motifs is 1. The van der Waals surface area contributed by atoms with Gasteiger partial charge in [0.2, 0.25) is 0 Å². The zero-order valence-electron chi connectivity index (χ0n) is 17.1. The van der Waals surface area contributed by atoms with Crippen LogP contribution in [-0.4, -0.2) is 40.0 Å². The molecule has 0 saturated carbocycles. The summed E-state index contributed by atoms with van der Waals surface area (Å²) in [5.74, 6) is 0.687. The number of rotatable bonds is 7. The third-order valence-corrected chi connectivity index (χ3v) is 5.02. The summed E-state index contributed by atoms with van der Waals surface area (Å²) in [5, 5.41) is 4.14. The maximum atomic E-state index is 12.5. The van der Waals surface area contributed by atoms with E-state index in [1.54, 1.807) is 25.5 Å². The molecule has 28 heavy (non-hydrogen) atoms. The lowest BCUT2D eigenvalue weighted by Gasteiger charge is -2.08. The number of amides is 1. The van der Waals surface area contributed by atoms with Gasteiger partial charge in [-0.15, -0.1) is 0 Å². The highest BCUT2D eigenvalue weighted by atomic mass is 16.5. The van der Waals surface area contributed by atoms with Crippen molar-refractivity contribution < 1.29 is 9.53 Å². The number of nitrogens with zero attached hydrogens (tertiary/aromatic N) is 4. The highest BCUT2D eigenvalue weighted by Gasteiger charge is 2.11. The van der Waals surface area contributed by atoms with Crippen LogP contribution in [0.4, 0.5) is 0 Å². The molecule has 2 heterocycles. The molecule has 0 saturated heterocycles. The average Bonchev–Trinajstić information content (AvgIpc) is 3.14. The first kappa shape index (κ1) is 19.8. The number of ether oxygens (including phenoxy) is 1. The summed E-state index contributed by atoms with van der Waals surface area (Å²) in [6.45, 7) is 10.4. The van der Waals surface area contributed by atoms with Crippen LogP contribution in [0.2, 0.25) is 0 Å². The van der Waals surface area contributed by atoms with Crippen LogP contribution >= 0.6 is 0 Å². The molecule has 2 aromatic heterocycles. The minimum Gasteiger partial charge on any atom is -0.383 e. The van der Waals surface area contributed by atoms with Gasteiger partial charge in [-0.3, -0.25) is 4.79 Å². The van der Waals surface area contributed by atoms with Crippen LogP contribution in [0.25, 0.3) is 11.0 Å². The Labute approximate surface area is 165 Å². The van der Waals surface area contributed by atoms with Gasteiger partial charge in [-0.2, -0.15) is 5.10 Å². The summed E-state index contributed by atoms with van der Waals surface area (Å²) in [5.41, 5.74) is 8.19. The van der Waals surface area contributed by atoms with Gasteiger partial charge >= 0.3 is 0 Å². The Kier molecular flexibility index (Phi) is 5.94. The van der Waals surface area contributed by atoms with Crippen molar-refractivity contribution in [1.29, 1.82) is 0 Å². The second-order valence-corrected chi connectivity index (χ2v) is 6.78. The number of hydrogen-bond acceptors (Lipinski definition) is 4. The molecule has 0 aliphatic heterocycles. The van der Waals surface area contributed by atoms with E-state index in [1.165, 1.54) is 0 Å². The number of hydrogen-bond donors (Lipinski definition) is 1. The summed E-state index contributed by atoms with van der Waals surface area (Å²) >= 11 is 0. The van der Waals surface area contributed by atoms with Crippen LogP contribution in [0, 0.1) is 20.8 Å². The number of hydrazone groups is 1. The fraction of sp³-hybridized carbons (Fsp3) is 0.381. The highest BCUT2D eigenvalue weighted by molar-refractivity contribution is 5.98. The fourth-order valence-corrected chi connectivity index (χ4v) is 3.50. The van der Waals surface area contributed by atoms with E-state index in [4.69, 9.17) is 4.74 Å². The maximum Gasteiger partial charge on any atom is 0.271 e. The normalized spacial score (nSPS) is 11.6. The Morgan fingerprint density at radius 1 is 1.25 bits per heavy atom. The van der Waals surface area contributed by atoms with Gasteiger partial charge in [-0.1, -0.05) is 0 Å². The van der Waals surface area contributed by atoms with E-state index in [9.17, 15) is 4.79 Å². The molecule has 7 nitrogen and oxygen atoms in total. The Bertz CT molecular complexity index is 1030. The number of aromatic nitrogens is 3. The first-order valence-corrected chi connectivity index (χ1v) is 9.42. The molecule has 0 spiro atoms. The van der Waals surface area contributed by atoms with E-state index in [1.807, 2.05) is 32.9 Å². The average molecular weight is 381 g/mol. The summed E-state index contributed by atoms with van der Waals surface area (Å²) < 4.78 is 9.45. The van der Waals surface area contributed by atoms with Gasteiger partial charge in [0.05, 0.1) is 23.9 Å². The first-order chi connectivity index (χ1) is 13.5. The second kappa shape index (κ2) is 8.39. The van der Waals surface area contributed by atoms with Gasteiger partial charge in [0, 0.05) is 42.7 Å². The van der Waals surface area contributed by atoms with E-state index in [0.717, 1.165) is 46.9 Å². The zero-order valence-corrected chi connectivity index (χ0v) is 17.1. The second-order valence-electron chi connectivity index (χ2n) is 6.78. The SMILES string of the molecule is CCn1c(C)nc2cc(C(=O)NN=Cc3cc(C)n(CCOC)c3C)ccc21. The molecule has 0 aliphatic carbocycles. The number of aryl methyl sites for hydroxylation is 3. The van der Waals surface area contributed by atoms with Gasteiger partial charge in [-0.05, 0) is 52.0 Å². The van der Waals surface area contributed by atoms with E-state index in [0.29, 0.717) is 12.2 Å². The number of nitrogens with one attached hydrogen (secondary N) is 1. The van der Waals surface area contributed by atoms with Crippen LogP contribution in [0.5, 0.6) is 0 Å². The number of benzene rings is 1. The topological polar surface area (TPSA) is 73.4 Å². The molecular formula is C21H27N5O2. The summed E-state index contributed by atoms with van der Waals surface area (Å²) in [6, 6.07) is 7.58. The minimum atomic E-state index is -0.255. The van der Waals surface area contributed by atoms with E-state index in [-0.39, 0.29) is 5.91 Å². The molecule has 0 radical (unpaired) electrons. The van der Waals surface area contributed by atoms with Crippen molar-refractivity contribution in [3.05, 3.63) is 52.6 Å². The van der Waals surface area contributed by atoms with Crippen molar-refractivity contribution in [2.24, 2.45) is 5.10 Å². The molecule has 3 aromatic rings. The van der Waals surface area contributed by atoms with Crippen molar-refractivity contribution in [2.75, 3.05) is 13.7 Å². The molecular weight excluding hydrogens is 354 g/mol. The lowest BCUT2D eigenvalue weighted by Crippen LogP contribution is -2.17. The molecule has 0 bridgehead atoms. The van der Waals surface area contributed by atoms with Crippen molar-refractivity contribution in [3.63, 3.8) is 0 Å². The lowest BCUT2D eigenvalue weighted by atomic mass is 10.2. The van der Waals surface area contributed by atoms with Gasteiger partial charge < -0.3 is 13.9 Å². The quantitative estimate of drug-likeness (QED) is 0.505. The Balaban J connectivity index is 1.73. The molecule has 1 aromatic carbocycles. The first-order valence-electron chi connectivity index (χ1n) is 9.42. The summed E-state index contributed by atoms with van der Waals surface area (Å²) in [6.07, 6.45) is 1.68. The molecule has 3 rings (SSSR count). The van der Waals surface area contributed by atoms with Crippen molar-refractivity contribution >= 4 is 23.2 Å².